The SMILES string of the molecule is COc1ccc(C2CC3(C2)C(=O)N(C)c2cnc4cc(F)c(-c5cnc(OCCNC(C)C)c(NS(C)(=O)=O)c5)cc4c23)cc1. The summed E-state index contributed by atoms with van der Waals surface area (Å²) >= 11 is 0. The number of halogens is 1. The van der Waals surface area contributed by atoms with Crippen molar-refractivity contribution in [2.45, 2.75) is 44.1 Å². The maximum atomic E-state index is 15.7. The van der Waals surface area contributed by atoms with Crippen LogP contribution in [0.4, 0.5) is 15.8 Å². The van der Waals surface area contributed by atoms with Gasteiger partial charge in [0.15, 0.2) is 0 Å². The van der Waals surface area contributed by atoms with Gasteiger partial charge in [0.25, 0.3) is 0 Å². The van der Waals surface area contributed by atoms with Gasteiger partial charge in [-0.15, -0.1) is 0 Å². The van der Waals surface area contributed by atoms with Crippen LogP contribution in [-0.4, -0.2) is 63.9 Å². The molecule has 10 nitrogen and oxygen atoms in total. The minimum Gasteiger partial charge on any atom is -0.497 e. The van der Waals surface area contributed by atoms with Crippen molar-refractivity contribution in [3.8, 4) is 22.8 Å². The predicted octanol–water partition coefficient (Wildman–Crippen LogP) is 4.98. The summed E-state index contributed by atoms with van der Waals surface area (Å²) in [7, 11) is -0.317. The van der Waals surface area contributed by atoms with E-state index in [-0.39, 0.29) is 41.6 Å². The second-order valence-electron chi connectivity index (χ2n) is 12.1. The fourth-order valence-electron chi connectivity index (χ4n) is 6.47. The van der Waals surface area contributed by atoms with E-state index in [2.05, 4.69) is 20.0 Å². The minimum absolute atomic E-state index is 0.00259. The lowest BCUT2D eigenvalue weighted by atomic mass is 9.57. The molecular weight excluding hydrogens is 597 g/mol. The average Bonchev–Trinajstić information content (AvgIpc) is 3.20. The Labute approximate surface area is 262 Å². The molecule has 3 heterocycles. The molecule has 0 unspecified atom stereocenters. The number of pyridine rings is 2. The monoisotopic (exact) mass is 633 g/mol. The number of hydrogen-bond acceptors (Lipinski definition) is 8. The number of benzene rings is 2. The van der Waals surface area contributed by atoms with Crippen molar-refractivity contribution in [3.05, 3.63) is 71.8 Å². The third-order valence-corrected chi connectivity index (χ3v) is 9.21. The molecule has 2 aliphatic rings. The number of fused-ring (bicyclic) bond motifs is 4. The molecule has 2 aromatic carbocycles. The maximum Gasteiger partial charge on any atom is 0.238 e. The van der Waals surface area contributed by atoms with Gasteiger partial charge in [-0.25, -0.2) is 17.8 Å². The fraction of sp³-hybridized carbons (Fsp3) is 0.364. The van der Waals surface area contributed by atoms with Gasteiger partial charge in [-0.05, 0) is 48.6 Å². The summed E-state index contributed by atoms with van der Waals surface area (Å²) in [5, 5.41) is 3.90. The average molecular weight is 634 g/mol. The summed E-state index contributed by atoms with van der Waals surface area (Å²) in [6, 6.07) is 12.7. The molecule has 0 saturated heterocycles. The molecule has 1 spiro atoms. The number of nitrogens with one attached hydrogen (secondary N) is 2. The van der Waals surface area contributed by atoms with Crippen molar-refractivity contribution in [1.29, 1.82) is 0 Å². The van der Waals surface area contributed by atoms with E-state index in [0.29, 0.717) is 41.5 Å². The zero-order chi connectivity index (χ0) is 32.1. The molecule has 2 aromatic heterocycles. The molecule has 0 radical (unpaired) electrons. The van der Waals surface area contributed by atoms with Crippen LogP contribution in [-0.2, 0) is 20.2 Å². The summed E-state index contributed by atoms with van der Waals surface area (Å²) in [5.74, 6) is 0.488. The van der Waals surface area contributed by atoms with Gasteiger partial charge in [0, 0.05) is 54.0 Å². The van der Waals surface area contributed by atoms with Crippen LogP contribution in [0.3, 0.4) is 0 Å². The molecule has 1 fully saturated rings. The van der Waals surface area contributed by atoms with E-state index < -0.39 is 21.3 Å². The molecule has 1 amide bonds. The highest BCUT2D eigenvalue weighted by atomic mass is 32.2. The van der Waals surface area contributed by atoms with Crippen LogP contribution in [0.1, 0.15) is 43.7 Å². The Bertz CT molecular complexity index is 1890. The quantitative estimate of drug-likeness (QED) is 0.235. The number of sulfonamides is 1. The van der Waals surface area contributed by atoms with E-state index in [0.717, 1.165) is 23.1 Å². The molecule has 236 valence electrons. The minimum atomic E-state index is -3.69. The molecule has 1 saturated carbocycles. The molecule has 4 aromatic rings. The number of rotatable bonds is 10. The second kappa shape index (κ2) is 11.6. The van der Waals surface area contributed by atoms with E-state index in [1.807, 2.05) is 38.1 Å². The van der Waals surface area contributed by atoms with E-state index in [9.17, 15) is 13.2 Å². The van der Waals surface area contributed by atoms with Gasteiger partial charge < -0.3 is 19.7 Å². The first-order valence-corrected chi connectivity index (χ1v) is 16.7. The number of anilines is 2. The normalized spacial score (nSPS) is 19.2. The van der Waals surface area contributed by atoms with Crippen LogP contribution < -0.4 is 24.4 Å². The van der Waals surface area contributed by atoms with Crippen LogP contribution >= 0.6 is 0 Å². The van der Waals surface area contributed by atoms with Crippen LogP contribution in [0.25, 0.3) is 22.0 Å². The van der Waals surface area contributed by atoms with E-state index in [4.69, 9.17) is 9.47 Å². The molecule has 12 heteroatoms. The lowest BCUT2D eigenvalue weighted by Crippen LogP contribution is -2.47. The van der Waals surface area contributed by atoms with Crippen LogP contribution in [0.15, 0.2) is 54.9 Å². The van der Waals surface area contributed by atoms with Crippen LogP contribution in [0.2, 0.25) is 0 Å². The Hall–Kier alpha value is -4.29. The number of aromatic nitrogens is 2. The van der Waals surface area contributed by atoms with Crippen molar-refractivity contribution in [2.24, 2.45) is 0 Å². The first-order chi connectivity index (χ1) is 21.4. The zero-order valence-corrected chi connectivity index (χ0v) is 26.7. The number of methoxy groups -OCH3 is 1. The molecule has 0 bridgehead atoms. The number of hydrogen-bond donors (Lipinski definition) is 2. The van der Waals surface area contributed by atoms with Crippen molar-refractivity contribution < 1.29 is 27.1 Å². The highest BCUT2D eigenvalue weighted by Gasteiger charge is 2.58. The number of nitrogens with zero attached hydrogens (tertiary/aromatic N) is 3. The van der Waals surface area contributed by atoms with Crippen LogP contribution in [0, 0.1) is 5.82 Å². The molecule has 1 aliphatic carbocycles. The molecule has 6 rings (SSSR count). The second-order valence-corrected chi connectivity index (χ2v) is 13.8. The zero-order valence-electron chi connectivity index (χ0n) is 25.8. The third kappa shape index (κ3) is 5.68. The Morgan fingerprint density at radius 2 is 1.84 bits per heavy atom. The first-order valence-electron chi connectivity index (χ1n) is 14.8. The Morgan fingerprint density at radius 3 is 2.51 bits per heavy atom. The van der Waals surface area contributed by atoms with Crippen molar-refractivity contribution >= 4 is 38.2 Å². The summed E-state index contributed by atoms with van der Waals surface area (Å²) in [6.07, 6.45) is 5.35. The number of amides is 1. The predicted molar refractivity (Wildman–Crippen MR) is 172 cm³/mol. The lowest BCUT2D eigenvalue weighted by Gasteiger charge is -2.44. The maximum absolute atomic E-state index is 15.7. The fourth-order valence-corrected chi connectivity index (χ4v) is 7.02. The molecular formula is C33H36FN5O5S. The lowest BCUT2D eigenvalue weighted by molar-refractivity contribution is -0.126. The summed E-state index contributed by atoms with van der Waals surface area (Å²) in [5.41, 5.74) is 3.01. The van der Waals surface area contributed by atoms with E-state index >= 15 is 4.39 Å². The highest BCUT2D eigenvalue weighted by Crippen LogP contribution is 2.60. The van der Waals surface area contributed by atoms with E-state index in [1.54, 1.807) is 31.3 Å². The first kappa shape index (κ1) is 30.7. The van der Waals surface area contributed by atoms with Crippen LogP contribution in [0.5, 0.6) is 11.6 Å². The van der Waals surface area contributed by atoms with Crippen molar-refractivity contribution in [2.75, 3.05) is 43.2 Å². The Balaban J connectivity index is 1.39. The molecule has 0 atom stereocenters. The molecule has 45 heavy (non-hydrogen) atoms. The van der Waals surface area contributed by atoms with Gasteiger partial charge in [0.05, 0.1) is 36.2 Å². The molecule has 1 aliphatic heterocycles. The standard InChI is InChI=1S/C33H36FN5O5S/c1-19(2)35-10-11-44-31-28(38-45(5,41)42)12-21(17-37-31)24-13-25-27(14-26(24)34)36-18-29-30(25)33(32(40)39(29)3)15-22(16-33)20-6-8-23(43-4)9-7-20/h6-9,12-14,17-19,22,35,38H,10-11,15-16H2,1-5H3. The van der Waals surface area contributed by atoms with Gasteiger partial charge in [-0.1, -0.05) is 26.0 Å². The van der Waals surface area contributed by atoms with Gasteiger partial charge in [-0.3, -0.25) is 14.5 Å². The molecule has 2 N–H and O–H groups in total. The van der Waals surface area contributed by atoms with Gasteiger partial charge in [0.2, 0.25) is 21.8 Å². The number of likely N-dealkylation sites (N-methyl/N-ethyl adjacent to an activating group) is 1. The summed E-state index contributed by atoms with van der Waals surface area (Å²) in [6.45, 7) is 4.80. The largest absolute Gasteiger partial charge is 0.497 e. The van der Waals surface area contributed by atoms with Crippen molar-refractivity contribution in [3.63, 3.8) is 0 Å². The van der Waals surface area contributed by atoms with E-state index in [1.165, 1.54) is 18.3 Å². The summed E-state index contributed by atoms with van der Waals surface area (Å²) < 4.78 is 53.6. The van der Waals surface area contributed by atoms with Gasteiger partial charge >= 0.3 is 0 Å². The number of carbonyl (C=O) groups excluding carboxylic acids is 1. The highest BCUT2D eigenvalue weighted by molar-refractivity contribution is 7.92. The Morgan fingerprint density at radius 1 is 1.11 bits per heavy atom. The third-order valence-electron chi connectivity index (χ3n) is 8.62. The number of carbonyl (C=O) groups is 1. The summed E-state index contributed by atoms with van der Waals surface area (Å²) in [4.78, 5) is 24.3. The van der Waals surface area contributed by atoms with Gasteiger partial charge in [-0.2, -0.15) is 0 Å². The number of ether oxygens (including phenoxy) is 2. The van der Waals surface area contributed by atoms with Crippen molar-refractivity contribution in [1.82, 2.24) is 15.3 Å². The Kier molecular flexibility index (Phi) is 7.90. The van der Waals surface area contributed by atoms with Gasteiger partial charge in [0.1, 0.15) is 23.9 Å². The topological polar surface area (TPSA) is 123 Å². The smallest absolute Gasteiger partial charge is 0.238 e.